The van der Waals surface area contributed by atoms with E-state index in [0.29, 0.717) is 11.5 Å². The van der Waals surface area contributed by atoms with Gasteiger partial charge in [-0.05, 0) is 6.92 Å². The van der Waals surface area contributed by atoms with E-state index >= 15 is 0 Å². The van der Waals surface area contributed by atoms with Crippen molar-refractivity contribution in [1.29, 1.82) is 0 Å². The van der Waals surface area contributed by atoms with Crippen molar-refractivity contribution < 1.29 is 22.8 Å². The molecule has 16 heavy (non-hydrogen) atoms. The number of rotatable bonds is 6. The molecule has 2 N–H and O–H groups in total. The van der Waals surface area contributed by atoms with E-state index in [4.69, 9.17) is 9.63 Å². The Morgan fingerprint density at radius 2 is 2.31 bits per heavy atom. The number of aliphatic carboxylic acids is 1. The average molecular weight is 248 g/mol. The highest BCUT2D eigenvalue weighted by Crippen LogP contribution is 2.01. The minimum Gasteiger partial charge on any atom is -0.481 e. The fraction of sp³-hybridized carbons (Fsp3) is 0.500. The molecule has 0 saturated heterocycles. The fourth-order valence-electron chi connectivity index (χ4n) is 0.979. The third-order valence-corrected chi connectivity index (χ3v) is 3.06. The normalized spacial score (nSPS) is 11.6. The Morgan fingerprint density at radius 1 is 1.62 bits per heavy atom. The second kappa shape index (κ2) is 5.08. The van der Waals surface area contributed by atoms with Gasteiger partial charge in [-0.25, -0.2) is 13.1 Å². The first kappa shape index (κ1) is 12.7. The molecule has 0 aliphatic rings. The molecular formula is C8H12N2O5S. The Labute approximate surface area is 92.5 Å². The zero-order valence-corrected chi connectivity index (χ0v) is 9.45. The van der Waals surface area contributed by atoms with E-state index in [1.807, 2.05) is 0 Å². The third-order valence-electron chi connectivity index (χ3n) is 1.73. The number of sulfonamides is 1. The summed E-state index contributed by atoms with van der Waals surface area (Å²) in [5.74, 6) is -1.01. The van der Waals surface area contributed by atoms with Crippen LogP contribution in [0.5, 0.6) is 0 Å². The van der Waals surface area contributed by atoms with Crippen LogP contribution in [0.3, 0.4) is 0 Å². The standard InChI is InChI=1S/C8H12N2O5S/c1-6-4-7(10-15-6)5-9-16(13,14)3-2-8(11)12/h4,9H,2-3,5H2,1H3,(H,11,12). The summed E-state index contributed by atoms with van der Waals surface area (Å²) in [4.78, 5) is 10.2. The van der Waals surface area contributed by atoms with Crippen LogP contribution in [0.1, 0.15) is 17.9 Å². The first-order chi connectivity index (χ1) is 7.39. The average Bonchev–Trinajstić information content (AvgIpc) is 2.59. The lowest BCUT2D eigenvalue weighted by Gasteiger charge is -2.02. The lowest BCUT2D eigenvalue weighted by atomic mass is 10.4. The van der Waals surface area contributed by atoms with E-state index in [0.717, 1.165) is 0 Å². The van der Waals surface area contributed by atoms with Crippen molar-refractivity contribution >= 4 is 16.0 Å². The Bertz CT molecular complexity index is 465. The Morgan fingerprint density at radius 3 is 2.81 bits per heavy atom. The molecule has 0 atom stereocenters. The topological polar surface area (TPSA) is 110 Å². The number of carboxylic acid groups (broad SMARTS) is 1. The Balaban J connectivity index is 2.45. The molecule has 7 nitrogen and oxygen atoms in total. The molecule has 0 bridgehead atoms. The van der Waals surface area contributed by atoms with Crippen LogP contribution < -0.4 is 4.72 Å². The number of aryl methyl sites for hydroxylation is 1. The van der Waals surface area contributed by atoms with Crippen LogP contribution >= 0.6 is 0 Å². The van der Waals surface area contributed by atoms with Gasteiger partial charge < -0.3 is 9.63 Å². The molecule has 0 aliphatic heterocycles. The molecule has 0 fully saturated rings. The van der Waals surface area contributed by atoms with E-state index in [1.165, 1.54) is 0 Å². The van der Waals surface area contributed by atoms with E-state index in [2.05, 4.69) is 9.88 Å². The van der Waals surface area contributed by atoms with E-state index in [-0.39, 0.29) is 6.54 Å². The van der Waals surface area contributed by atoms with Gasteiger partial charge in [0.2, 0.25) is 10.0 Å². The first-order valence-electron chi connectivity index (χ1n) is 4.50. The largest absolute Gasteiger partial charge is 0.481 e. The van der Waals surface area contributed by atoms with E-state index < -0.39 is 28.2 Å². The van der Waals surface area contributed by atoms with Crippen molar-refractivity contribution in [3.63, 3.8) is 0 Å². The van der Waals surface area contributed by atoms with Gasteiger partial charge in [-0.3, -0.25) is 4.79 Å². The third kappa shape index (κ3) is 4.41. The molecule has 0 radical (unpaired) electrons. The lowest BCUT2D eigenvalue weighted by molar-refractivity contribution is -0.136. The van der Waals surface area contributed by atoms with Crippen molar-refractivity contribution in [3.8, 4) is 0 Å². The first-order valence-corrected chi connectivity index (χ1v) is 6.15. The minimum absolute atomic E-state index is 0.000702. The van der Waals surface area contributed by atoms with Crippen LogP contribution in [0, 0.1) is 6.92 Å². The Hall–Kier alpha value is -1.41. The van der Waals surface area contributed by atoms with Gasteiger partial charge in [0.1, 0.15) is 5.76 Å². The van der Waals surface area contributed by atoms with E-state index in [1.54, 1.807) is 13.0 Å². The van der Waals surface area contributed by atoms with Gasteiger partial charge in [-0.2, -0.15) is 0 Å². The summed E-state index contributed by atoms with van der Waals surface area (Å²) in [6.07, 6.45) is -0.423. The smallest absolute Gasteiger partial charge is 0.304 e. The van der Waals surface area contributed by atoms with Crippen molar-refractivity contribution in [2.24, 2.45) is 0 Å². The van der Waals surface area contributed by atoms with E-state index in [9.17, 15) is 13.2 Å². The number of aromatic nitrogens is 1. The van der Waals surface area contributed by atoms with Gasteiger partial charge in [0, 0.05) is 6.07 Å². The predicted molar refractivity (Wildman–Crippen MR) is 54.1 cm³/mol. The monoisotopic (exact) mass is 248 g/mol. The molecule has 0 amide bonds. The van der Waals surface area contributed by atoms with Crippen LogP contribution in [0.25, 0.3) is 0 Å². The van der Waals surface area contributed by atoms with Crippen LogP contribution in [0.15, 0.2) is 10.6 Å². The van der Waals surface area contributed by atoms with Crippen LogP contribution in [0.2, 0.25) is 0 Å². The molecular weight excluding hydrogens is 236 g/mol. The fourth-order valence-corrected chi connectivity index (χ4v) is 1.93. The lowest BCUT2D eigenvalue weighted by Crippen LogP contribution is -2.27. The maximum atomic E-state index is 11.3. The molecule has 1 aromatic rings. The second-order valence-corrected chi connectivity index (χ2v) is 5.14. The summed E-state index contributed by atoms with van der Waals surface area (Å²) < 4.78 is 29.5. The number of nitrogens with one attached hydrogen (secondary N) is 1. The van der Waals surface area contributed by atoms with Crippen molar-refractivity contribution in [3.05, 3.63) is 17.5 Å². The van der Waals surface area contributed by atoms with Gasteiger partial charge in [0.15, 0.2) is 0 Å². The van der Waals surface area contributed by atoms with Gasteiger partial charge in [0.05, 0.1) is 24.4 Å². The molecule has 0 spiro atoms. The van der Waals surface area contributed by atoms with Crippen molar-refractivity contribution in [2.75, 3.05) is 5.75 Å². The maximum absolute atomic E-state index is 11.3. The van der Waals surface area contributed by atoms with Gasteiger partial charge in [-0.15, -0.1) is 0 Å². The molecule has 8 heteroatoms. The van der Waals surface area contributed by atoms with Gasteiger partial charge in [0.25, 0.3) is 0 Å². The van der Waals surface area contributed by atoms with Crippen LogP contribution in [0.4, 0.5) is 0 Å². The second-order valence-electron chi connectivity index (χ2n) is 3.21. The van der Waals surface area contributed by atoms with Crippen molar-refractivity contribution in [2.45, 2.75) is 19.9 Å². The highest BCUT2D eigenvalue weighted by Gasteiger charge is 2.13. The molecule has 1 heterocycles. The quantitative estimate of drug-likeness (QED) is 0.726. The SMILES string of the molecule is Cc1cc(CNS(=O)(=O)CCC(=O)O)no1. The molecule has 0 saturated carbocycles. The number of hydrogen-bond acceptors (Lipinski definition) is 5. The van der Waals surface area contributed by atoms with Gasteiger partial charge in [-0.1, -0.05) is 5.16 Å². The molecule has 1 rings (SSSR count). The highest BCUT2D eigenvalue weighted by atomic mass is 32.2. The van der Waals surface area contributed by atoms with Gasteiger partial charge >= 0.3 is 5.97 Å². The maximum Gasteiger partial charge on any atom is 0.304 e. The molecule has 90 valence electrons. The zero-order valence-electron chi connectivity index (χ0n) is 8.63. The number of carboxylic acids is 1. The highest BCUT2D eigenvalue weighted by molar-refractivity contribution is 7.89. The number of carbonyl (C=O) groups is 1. The summed E-state index contributed by atoms with van der Waals surface area (Å²) in [5.41, 5.74) is 0.455. The molecule has 0 aliphatic carbocycles. The summed E-state index contributed by atoms with van der Waals surface area (Å²) in [5, 5.41) is 11.9. The predicted octanol–water partition coefficient (Wildman–Crippen LogP) is -0.123. The molecule has 0 aromatic carbocycles. The zero-order chi connectivity index (χ0) is 12.2. The number of hydrogen-bond donors (Lipinski definition) is 2. The number of nitrogens with zero attached hydrogens (tertiary/aromatic N) is 1. The Kier molecular flexibility index (Phi) is 4.02. The summed E-state index contributed by atoms with van der Waals surface area (Å²) >= 11 is 0. The molecule has 1 aromatic heterocycles. The minimum atomic E-state index is -3.58. The summed E-state index contributed by atoms with van der Waals surface area (Å²) in [7, 11) is -3.58. The molecule has 0 unspecified atom stereocenters. The summed E-state index contributed by atoms with van der Waals surface area (Å²) in [6, 6.07) is 1.60. The van der Waals surface area contributed by atoms with Crippen molar-refractivity contribution in [1.82, 2.24) is 9.88 Å². The summed E-state index contributed by atoms with van der Waals surface area (Å²) in [6.45, 7) is 1.69. The van der Waals surface area contributed by atoms with Crippen LogP contribution in [-0.2, 0) is 21.4 Å². The van der Waals surface area contributed by atoms with Crippen LogP contribution in [-0.4, -0.2) is 30.4 Å².